The molecule has 3 aromatic rings. The molecule has 1 aliphatic heterocycles. The Morgan fingerprint density at radius 3 is 1.75 bits per heavy atom. The van der Waals surface area contributed by atoms with Crippen molar-refractivity contribution < 1.29 is 47.9 Å². The molecular formula is C38H48O10. The summed E-state index contributed by atoms with van der Waals surface area (Å²) in [6.45, 7) is 3.78. The molecule has 0 spiro atoms. The van der Waals surface area contributed by atoms with E-state index < -0.39 is 48.9 Å². The summed E-state index contributed by atoms with van der Waals surface area (Å²) in [6.07, 6.45) is -4.44. The zero-order chi connectivity index (χ0) is 34.1. The average molecular weight is 665 g/mol. The summed E-state index contributed by atoms with van der Waals surface area (Å²) in [4.78, 5) is 24.0. The van der Waals surface area contributed by atoms with E-state index in [2.05, 4.69) is 0 Å². The summed E-state index contributed by atoms with van der Waals surface area (Å²) in [5.41, 5.74) is 2.85. The Labute approximate surface area is 283 Å². The second-order valence-corrected chi connectivity index (χ2v) is 11.8. The van der Waals surface area contributed by atoms with Gasteiger partial charge in [-0.3, -0.25) is 4.79 Å². The van der Waals surface area contributed by atoms with Crippen LogP contribution in [-0.2, 0) is 62.6 Å². The Kier molecular flexibility index (Phi) is 15.7. The predicted octanol–water partition coefficient (Wildman–Crippen LogP) is 5.18. The van der Waals surface area contributed by atoms with Gasteiger partial charge in [0.25, 0.3) is 0 Å². The van der Waals surface area contributed by atoms with Crippen LogP contribution in [0, 0.1) is 0 Å². The van der Waals surface area contributed by atoms with Crippen molar-refractivity contribution in [2.24, 2.45) is 0 Å². The van der Waals surface area contributed by atoms with Crippen LogP contribution in [-0.4, -0.2) is 80.1 Å². The Balaban J connectivity index is 1.55. The molecule has 1 aliphatic rings. The first kappa shape index (κ1) is 37.3. The number of benzene rings is 3. The monoisotopic (exact) mass is 664 g/mol. The summed E-state index contributed by atoms with van der Waals surface area (Å²) < 4.78 is 43.3. The minimum absolute atomic E-state index is 0.0105. The van der Waals surface area contributed by atoms with E-state index in [1.807, 2.05) is 97.9 Å². The third-order valence-electron chi connectivity index (χ3n) is 8.13. The van der Waals surface area contributed by atoms with Crippen LogP contribution < -0.4 is 0 Å². The molecule has 10 nitrogen and oxygen atoms in total. The molecule has 1 saturated heterocycles. The van der Waals surface area contributed by atoms with Gasteiger partial charge >= 0.3 is 5.97 Å². The number of ether oxygens (including phenoxy) is 7. The topological polar surface area (TPSA) is 119 Å². The number of Topliss-reactive ketones (excluding diaryl/α,β-unsaturated/α-hetero) is 1. The van der Waals surface area contributed by atoms with Crippen molar-refractivity contribution in [3.05, 3.63) is 108 Å². The fourth-order valence-corrected chi connectivity index (χ4v) is 5.49. The smallest absolute Gasteiger partial charge is 0.306 e. The van der Waals surface area contributed by atoms with Crippen LogP contribution >= 0.6 is 0 Å². The largest absolute Gasteiger partial charge is 0.457 e. The highest BCUT2D eigenvalue weighted by Gasteiger charge is 2.48. The third-order valence-corrected chi connectivity index (χ3v) is 8.13. The normalized spacial score (nSPS) is 21.0. The van der Waals surface area contributed by atoms with Gasteiger partial charge in [-0.1, -0.05) is 97.9 Å². The van der Waals surface area contributed by atoms with Crippen LogP contribution in [0.25, 0.3) is 0 Å². The number of rotatable bonds is 21. The van der Waals surface area contributed by atoms with Crippen molar-refractivity contribution in [1.29, 1.82) is 0 Å². The van der Waals surface area contributed by atoms with Crippen molar-refractivity contribution in [2.75, 3.05) is 20.3 Å². The number of hydrogen-bond donors (Lipinski definition) is 1. The van der Waals surface area contributed by atoms with Crippen LogP contribution in [0.5, 0.6) is 0 Å². The molecule has 0 radical (unpaired) electrons. The van der Waals surface area contributed by atoms with Crippen molar-refractivity contribution in [3.63, 3.8) is 0 Å². The van der Waals surface area contributed by atoms with E-state index in [-0.39, 0.29) is 51.7 Å². The molecular weight excluding hydrogens is 616 g/mol. The zero-order valence-electron chi connectivity index (χ0n) is 28.0. The number of hydrogen-bond acceptors (Lipinski definition) is 10. The highest BCUT2D eigenvalue weighted by Crippen LogP contribution is 2.30. The van der Waals surface area contributed by atoms with E-state index in [9.17, 15) is 14.7 Å². The van der Waals surface area contributed by atoms with Crippen LogP contribution in [0.15, 0.2) is 91.0 Å². The van der Waals surface area contributed by atoms with Crippen LogP contribution in [0.4, 0.5) is 0 Å². The molecule has 1 heterocycles. The fourth-order valence-electron chi connectivity index (χ4n) is 5.49. The molecule has 0 aromatic heterocycles. The molecule has 0 saturated carbocycles. The van der Waals surface area contributed by atoms with E-state index in [0.717, 1.165) is 16.7 Å². The van der Waals surface area contributed by atoms with Crippen LogP contribution in [0.3, 0.4) is 0 Å². The standard InChI is InChI=1S/C38H48O10/c1-4-31-36(48-34(41)21-20-27(2)40)37(42-3)38(47-31)46-26-33(44-24-29-16-10-6-11-17-29)35(45-25-30-18-12-7-13-19-30)32(22-39)43-23-28-14-8-5-9-15-28/h5-19,31-33,35-39H,4,20-26H2,1-3H3/t31-,32?,33?,35?,36?,37+,38-/m1/s1. The van der Waals surface area contributed by atoms with Crippen molar-refractivity contribution >= 4 is 11.8 Å². The number of carbonyl (C=O) groups is 2. The average Bonchev–Trinajstić information content (AvgIpc) is 3.46. The Bertz CT molecular complexity index is 1340. The quantitative estimate of drug-likeness (QED) is 0.153. The summed E-state index contributed by atoms with van der Waals surface area (Å²) in [6, 6.07) is 29.2. The predicted molar refractivity (Wildman–Crippen MR) is 178 cm³/mol. The maximum absolute atomic E-state index is 12.6. The minimum Gasteiger partial charge on any atom is -0.457 e. The van der Waals surface area contributed by atoms with Gasteiger partial charge in [0, 0.05) is 13.5 Å². The maximum atomic E-state index is 12.6. The van der Waals surface area contributed by atoms with Gasteiger partial charge < -0.3 is 43.1 Å². The van der Waals surface area contributed by atoms with E-state index >= 15 is 0 Å². The lowest BCUT2D eigenvalue weighted by Crippen LogP contribution is -2.48. The number of carbonyl (C=O) groups excluding carboxylic acids is 2. The van der Waals surface area contributed by atoms with E-state index in [0.29, 0.717) is 6.42 Å². The molecule has 10 heteroatoms. The van der Waals surface area contributed by atoms with Crippen LogP contribution in [0.2, 0.25) is 0 Å². The molecule has 7 atom stereocenters. The molecule has 260 valence electrons. The Hall–Kier alpha value is -3.48. The van der Waals surface area contributed by atoms with Crippen molar-refractivity contribution in [3.8, 4) is 0 Å². The maximum Gasteiger partial charge on any atom is 0.306 e. The Morgan fingerprint density at radius 2 is 1.27 bits per heavy atom. The summed E-state index contributed by atoms with van der Waals surface area (Å²) in [5.74, 6) is -0.592. The number of methoxy groups -OCH3 is 1. The molecule has 0 bridgehead atoms. The lowest BCUT2D eigenvalue weighted by atomic mass is 10.1. The second kappa shape index (κ2) is 20.1. The molecule has 48 heavy (non-hydrogen) atoms. The van der Waals surface area contributed by atoms with Gasteiger partial charge in [0.15, 0.2) is 12.4 Å². The number of ketones is 1. The van der Waals surface area contributed by atoms with Gasteiger partial charge in [-0.05, 0) is 30.0 Å². The van der Waals surface area contributed by atoms with E-state index in [4.69, 9.17) is 33.2 Å². The van der Waals surface area contributed by atoms with Crippen molar-refractivity contribution in [1.82, 2.24) is 0 Å². The van der Waals surface area contributed by atoms with Gasteiger partial charge in [-0.25, -0.2) is 0 Å². The lowest BCUT2D eigenvalue weighted by Gasteiger charge is -2.33. The molecule has 0 amide bonds. The molecule has 0 aliphatic carbocycles. The summed E-state index contributed by atoms with van der Waals surface area (Å²) in [7, 11) is 1.51. The zero-order valence-corrected chi connectivity index (χ0v) is 28.0. The molecule has 4 unspecified atom stereocenters. The first-order chi connectivity index (χ1) is 23.4. The van der Waals surface area contributed by atoms with Gasteiger partial charge in [0.1, 0.15) is 36.3 Å². The Morgan fingerprint density at radius 1 is 0.750 bits per heavy atom. The van der Waals surface area contributed by atoms with Crippen LogP contribution in [0.1, 0.15) is 49.8 Å². The van der Waals surface area contributed by atoms with Gasteiger partial charge in [0.2, 0.25) is 0 Å². The molecule has 1 N–H and O–H groups in total. The third kappa shape index (κ3) is 11.6. The van der Waals surface area contributed by atoms with Gasteiger partial charge in [0.05, 0.1) is 39.5 Å². The lowest BCUT2D eigenvalue weighted by molar-refractivity contribution is -0.217. The van der Waals surface area contributed by atoms with Gasteiger partial charge in [-0.2, -0.15) is 0 Å². The molecule has 3 aromatic carbocycles. The first-order valence-corrected chi connectivity index (χ1v) is 16.5. The second-order valence-electron chi connectivity index (χ2n) is 11.8. The minimum atomic E-state index is -0.888. The number of esters is 1. The number of aliphatic hydroxyl groups excluding tert-OH is 1. The fraction of sp³-hybridized carbons (Fsp3) is 0.474. The first-order valence-electron chi connectivity index (χ1n) is 16.5. The van der Waals surface area contributed by atoms with E-state index in [1.54, 1.807) is 0 Å². The molecule has 1 fully saturated rings. The highest BCUT2D eigenvalue weighted by molar-refractivity contribution is 5.81. The summed E-state index contributed by atoms with van der Waals surface area (Å²) in [5, 5.41) is 10.6. The number of aliphatic hydroxyl groups is 1. The van der Waals surface area contributed by atoms with E-state index in [1.165, 1.54) is 14.0 Å². The van der Waals surface area contributed by atoms with Gasteiger partial charge in [-0.15, -0.1) is 0 Å². The highest BCUT2D eigenvalue weighted by atomic mass is 16.7. The molecule has 4 rings (SSSR count). The van der Waals surface area contributed by atoms with Crippen molar-refractivity contribution in [2.45, 2.75) is 95.8 Å². The summed E-state index contributed by atoms with van der Waals surface area (Å²) >= 11 is 0. The SMILES string of the molecule is CC[C@H]1O[C@@H](OCC(OCc2ccccc2)C(OCc2ccccc2)C(CO)OCc2ccccc2)[C@@H](OC)C1OC(=O)CCC(C)=O.